The van der Waals surface area contributed by atoms with Gasteiger partial charge in [-0.3, -0.25) is 4.79 Å². The van der Waals surface area contributed by atoms with Crippen molar-refractivity contribution in [2.75, 3.05) is 12.8 Å². The lowest BCUT2D eigenvalue weighted by molar-refractivity contribution is 0.0951. The monoisotopic (exact) mass is 348 g/mol. The quantitative estimate of drug-likeness (QED) is 0.833. The normalized spacial score (nSPS) is 10.2. The van der Waals surface area contributed by atoms with Crippen molar-refractivity contribution in [3.05, 3.63) is 57.6 Å². The number of amides is 1. The van der Waals surface area contributed by atoms with Crippen molar-refractivity contribution in [1.82, 2.24) is 5.32 Å². The third-order valence-electron chi connectivity index (χ3n) is 3.34. The Bertz CT molecular complexity index is 671. The molecule has 0 bridgehead atoms. The van der Waals surface area contributed by atoms with Crippen LogP contribution in [0.1, 0.15) is 21.5 Å². The number of anilines is 1. The maximum atomic E-state index is 12.2. The van der Waals surface area contributed by atoms with Gasteiger partial charge in [-0.1, -0.05) is 12.1 Å². The zero-order valence-electron chi connectivity index (χ0n) is 11.9. The lowest BCUT2D eigenvalue weighted by Gasteiger charge is -2.10. The molecule has 2 rings (SSSR count). The molecule has 0 spiro atoms. The first-order valence-corrected chi connectivity index (χ1v) is 7.28. The number of methoxy groups -OCH3 is 1. The first-order chi connectivity index (χ1) is 10.0. The summed E-state index contributed by atoms with van der Waals surface area (Å²) in [6.45, 7) is 2.39. The number of hydrogen-bond acceptors (Lipinski definition) is 3. The molecule has 0 saturated carbocycles. The summed E-state index contributed by atoms with van der Waals surface area (Å²) >= 11 is 3.37. The first kappa shape index (κ1) is 15.4. The average Bonchev–Trinajstić information content (AvgIpc) is 2.48. The van der Waals surface area contributed by atoms with Crippen LogP contribution >= 0.6 is 15.9 Å². The highest BCUT2D eigenvalue weighted by Gasteiger charge is 2.09. The lowest BCUT2D eigenvalue weighted by atomic mass is 10.1. The van der Waals surface area contributed by atoms with E-state index in [1.165, 1.54) is 0 Å². The number of nitrogens with two attached hydrogens (primary N) is 1. The third-order valence-corrected chi connectivity index (χ3v) is 3.96. The van der Waals surface area contributed by atoms with Crippen LogP contribution in [0.5, 0.6) is 5.75 Å². The van der Waals surface area contributed by atoms with Crippen LogP contribution in [-0.4, -0.2) is 13.0 Å². The van der Waals surface area contributed by atoms with Gasteiger partial charge in [0.15, 0.2) is 0 Å². The summed E-state index contributed by atoms with van der Waals surface area (Å²) in [5, 5.41) is 2.89. The SMILES string of the molecule is COc1ccc(C(=O)NCc2cccc(N)c2C)cc1Br. The van der Waals surface area contributed by atoms with Gasteiger partial charge in [0.25, 0.3) is 5.91 Å². The van der Waals surface area contributed by atoms with E-state index in [4.69, 9.17) is 10.5 Å². The van der Waals surface area contributed by atoms with E-state index in [1.807, 2.05) is 25.1 Å². The molecule has 0 heterocycles. The maximum Gasteiger partial charge on any atom is 0.251 e. The Kier molecular flexibility index (Phi) is 4.85. The van der Waals surface area contributed by atoms with Crippen molar-refractivity contribution >= 4 is 27.5 Å². The zero-order valence-corrected chi connectivity index (χ0v) is 13.5. The van der Waals surface area contributed by atoms with Crippen LogP contribution < -0.4 is 15.8 Å². The van der Waals surface area contributed by atoms with Gasteiger partial charge in [0.1, 0.15) is 5.75 Å². The fraction of sp³-hybridized carbons (Fsp3) is 0.188. The Morgan fingerprint density at radius 3 is 2.76 bits per heavy atom. The smallest absolute Gasteiger partial charge is 0.251 e. The fourth-order valence-corrected chi connectivity index (χ4v) is 2.52. The predicted molar refractivity (Wildman–Crippen MR) is 87.5 cm³/mol. The summed E-state index contributed by atoms with van der Waals surface area (Å²) < 4.78 is 5.89. The Morgan fingerprint density at radius 1 is 1.33 bits per heavy atom. The standard InChI is InChI=1S/C16H17BrN2O2/c1-10-12(4-3-5-14(10)18)9-19-16(20)11-6-7-15(21-2)13(17)8-11/h3-8H,9,18H2,1-2H3,(H,19,20). The Labute approximate surface area is 132 Å². The second-order valence-corrected chi connectivity index (χ2v) is 5.52. The molecule has 0 aliphatic rings. The molecule has 4 nitrogen and oxygen atoms in total. The van der Waals surface area contributed by atoms with E-state index in [1.54, 1.807) is 25.3 Å². The summed E-state index contributed by atoms with van der Waals surface area (Å²) in [6, 6.07) is 10.9. The molecule has 0 unspecified atom stereocenters. The maximum absolute atomic E-state index is 12.2. The van der Waals surface area contributed by atoms with Crippen LogP contribution in [-0.2, 0) is 6.54 Å². The van der Waals surface area contributed by atoms with Crippen LogP contribution in [0.3, 0.4) is 0 Å². The topological polar surface area (TPSA) is 64.3 Å². The first-order valence-electron chi connectivity index (χ1n) is 6.48. The summed E-state index contributed by atoms with van der Waals surface area (Å²) in [6.07, 6.45) is 0. The van der Waals surface area contributed by atoms with Crippen LogP contribution in [0.4, 0.5) is 5.69 Å². The summed E-state index contributed by atoms with van der Waals surface area (Å²) in [7, 11) is 1.59. The minimum atomic E-state index is -0.139. The minimum absolute atomic E-state index is 0.139. The molecule has 0 aliphatic heterocycles. The number of rotatable bonds is 4. The van der Waals surface area contributed by atoms with E-state index in [0.717, 1.165) is 21.3 Å². The molecular formula is C16H17BrN2O2. The molecular weight excluding hydrogens is 332 g/mol. The van der Waals surface area contributed by atoms with E-state index >= 15 is 0 Å². The summed E-state index contributed by atoms with van der Waals surface area (Å²) in [5.74, 6) is 0.554. The van der Waals surface area contributed by atoms with Gasteiger partial charge in [-0.05, 0) is 58.2 Å². The molecule has 110 valence electrons. The minimum Gasteiger partial charge on any atom is -0.496 e. The number of hydrogen-bond donors (Lipinski definition) is 2. The number of benzene rings is 2. The number of nitrogen functional groups attached to an aromatic ring is 1. The molecule has 0 radical (unpaired) electrons. The average molecular weight is 349 g/mol. The Morgan fingerprint density at radius 2 is 2.10 bits per heavy atom. The Balaban J connectivity index is 2.08. The molecule has 2 aromatic rings. The Hall–Kier alpha value is -2.01. The van der Waals surface area contributed by atoms with Gasteiger partial charge < -0.3 is 15.8 Å². The lowest BCUT2D eigenvalue weighted by Crippen LogP contribution is -2.23. The van der Waals surface area contributed by atoms with Crippen LogP contribution in [0.25, 0.3) is 0 Å². The summed E-state index contributed by atoms with van der Waals surface area (Å²) in [4.78, 5) is 12.2. The number of carbonyl (C=O) groups is 1. The van der Waals surface area contributed by atoms with Crippen molar-refractivity contribution in [1.29, 1.82) is 0 Å². The predicted octanol–water partition coefficient (Wildman–Crippen LogP) is 3.28. The number of nitrogens with one attached hydrogen (secondary N) is 1. The van der Waals surface area contributed by atoms with Gasteiger partial charge in [0, 0.05) is 17.8 Å². The molecule has 2 aromatic carbocycles. The molecule has 1 amide bonds. The van der Waals surface area contributed by atoms with Gasteiger partial charge >= 0.3 is 0 Å². The van der Waals surface area contributed by atoms with Crippen molar-refractivity contribution in [2.45, 2.75) is 13.5 Å². The van der Waals surface area contributed by atoms with E-state index < -0.39 is 0 Å². The van der Waals surface area contributed by atoms with Crippen LogP contribution in [0.2, 0.25) is 0 Å². The van der Waals surface area contributed by atoms with Crippen LogP contribution in [0.15, 0.2) is 40.9 Å². The molecule has 0 saturated heterocycles. The fourth-order valence-electron chi connectivity index (χ4n) is 1.98. The molecule has 3 N–H and O–H groups in total. The van der Waals surface area contributed by atoms with Gasteiger partial charge in [-0.2, -0.15) is 0 Å². The third kappa shape index (κ3) is 3.55. The molecule has 0 aliphatic carbocycles. The van der Waals surface area contributed by atoms with Gasteiger partial charge in [0.05, 0.1) is 11.6 Å². The molecule has 5 heteroatoms. The second kappa shape index (κ2) is 6.63. The van der Waals surface area contributed by atoms with E-state index in [-0.39, 0.29) is 5.91 Å². The molecule has 0 atom stereocenters. The highest BCUT2D eigenvalue weighted by Crippen LogP contribution is 2.25. The van der Waals surface area contributed by atoms with Gasteiger partial charge in [-0.15, -0.1) is 0 Å². The van der Waals surface area contributed by atoms with E-state index in [0.29, 0.717) is 17.9 Å². The zero-order chi connectivity index (χ0) is 15.4. The highest BCUT2D eigenvalue weighted by atomic mass is 79.9. The molecule has 0 aromatic heterocycles. The number of ether oxygens (including phenoxy) is 1. The van der Waals surface area contributed by atoms with Crippen LogP contribution in [0, 0.1) is 6.92 Å². The largest absolute Gasteiger partial charge is 0.496 e. The molecule has 21 heavy (non-hydrogen) atoms. The van der Waals surface area contributed by atoms with E-state index in [9.17, 15) is 4.79 Å². The van der Waals surface area contributed by atoms with Crippen molar-refractivity contribution in [3.8, 4) is 5.75 Å². The number of halogens is 1. The van der Waals surface area contributed by atoms with E-state index in [2.05, 4.69) is 21.2 Å². The molecule has 0 fully saturated rings. The highest BCUT2D eigenvalue weighted by molar-refractivity contribution is 9.10. The second-order valence-electron chi connectivity index (χ2n) is 4.66. The van der Waals surface area contributed by atoms with Crippen molar-refractivity contribution in [2.24, 2.45) is 0 Å². The number of carbonyl (C=O) groups excluding carboxylic acids is 1. The van der Waals surface area contributed by atoms with Gasteiger partial charge in [0.2, 0.25) is 0 Å². The van der Waals surface area contributed by atoms with Gasteiger partial charge in [-0.25, -0.2) is 0 Å². The van der Waals surface area contributed by atoms with Crippen molar-refractivity contribution in [3.63, 3.8) is 0 Å². The van der Waals surface area contributed by atoms with Crippen molar-refractivity contribution < 1.29 is 9.53 Å². The summed E-state index contributed by atoms with van der Waals surface area (Å²) in [5.41, 5.74) is 9.17.